The molecule has 1 fully saturated rings. The number of carbonyl (C=O) groups is 1. The van der Waals surface area contributed by atoms with E-state index in [-0.39, 0.29) is 5.91 Å². The summed E-state index contributed by atoms with van der Waals surface area (Å²) in [4.78, 5) is 25.8. The average molecular weight is 341 g/mol. The molecule has 0 atom stereocenters. The molecular weight excluding hydrogens is 318 g/mol. The summed E-state index contributed by atoms with van der Waals surface area (Å²) in [6.45, 7) is 7.59. The number of rotatable bonds is 4. The van der Waals surface area contributed by atoms with Crippen molar-refractivity contribution in [1.82, 2.24) is 14.9 Å². The van der Waals surface area contributed by atoms with Gasteiger partial charge >= 0.3 is 0 Å². The molecule has 2 aromatic heterocycles. The number of anilines is 2. The number of nitrogens with one attached hydrogen (secondary N) is 1. The Labute approximate surface area is 147 Å². The molecule has 0 saturated carbocycles. The van der Waals surface area contributed by atoms with Gasteiger partial charge in [-0.1, -0.05) is 0 Å². The molecule has 1 aliphatic heterocycles. The Bertz CT molecular complexity index is 739. The molecule has 25 heavy (non-hydrogen) atoms. The van der Waals surface area contributed by atoms with Crippen LogP contribution in [0, 0.1) is 13.8 Å². The van der Waals surface area contributed by atoms with Gasteiger partial charge in [0, 0.05) is 32.3 Å². The minimum Gasteiger partial charge on any atom is -0.465 e. The lowest BCUT2D eigenvalue weighted by Gasteiger charge is -2.32. The number of piperazine rings is 1. The quantitative estimate of drug-likeness (QED) is 0.859. The summed E-state index contributed by atoms with van der Waals surface area (Å²) >= 11 is 0. The zero-order chi connectivity index (χ0) is 17.8. The smallest absolute Gasteiger partial charge is 0.248 e. The van der Waals surface area contributed by atoms with Crippen LogP contribution in [0.3, 0.4) is 0 Å². The second kappa shape index (κ2) is 7.48. The molecule has 132 valence electrons. The first-order chi connectivity index (χ1) is 12.0. The maximum atomic E-state index is 12.1. The van der Waals surface area contributed by atoms with Gasteiger partial charge in [-0.2, -0.15) is 0 Å². The topological polar surface area (TPSA) is 74.5 Å². The molecule has 0 aliphatic carbocycles. The molecule has 1 N–H and O–H groups in total. The van der Waals surface area contributed by atoms with E-state index in [9.17, 15) is 4.79 Å². The maximum absolute atomic E-state index is 12.1. The Morgan fingerprint density at radius 2 is 1.88 bits per heavy atom. The third kappa shape index (κ3) is 4.24. The molecule has 1 amide bonds. The fourth-order valence-corrected chi connectivity index (χ4v) is 2.74. The van der Waals surface area contributed by atoms with Gasteiger partial charge in [0.1, 0.15) is 5.76 Å². The number of hydrogen-bond acceptors (Lipinski definition) is 6. The summed E-state index contributed by atoms with van der Waals surface area (Å²) in [6, 6.07) is 3.56. The molecule has 2 aromatic rings. The predicted molar refractivity (Wildman–Crippen MR) is 97.6 cm³/mol. The van der Waals surface area contributed by atoms with E-state index in [0.717, 1.165) is 43.5 Å². The summed E-state index contributed by atoms with van der Waals surface area (Å²) in [7, 11) is 2.11. The van der Waals surface area contributed by atoms with Crippen molar-refractivity contribution in [3.8, 4) is 0 Å². The number of furan rings is 1. The SMILES string of the molecule is Cc1nc(N2CCN(C)CC2)nc(C)c1NC(=O)/C=C/c1ccco1. The Morgan fingerprint density at radius 3 is 2.48 bits per heavy atom. The van der Waals surface area contributed by atoms with Crippen molar-refractivity contribution in [2.24, 2.45) is 0 Å². The molecule has 0 radical (unpaired) electrons. The Morgan fingerprint density at radius 1 is 1.20 bits per heavy atom. The molecule has 0 aromatic carbocycles. The van der Waals surface area contributed by atoms with Crippen molar-refractivity contribution in [3.63, 3.8) is 0 Å². The first-order valence-electron chi connectivity index (χ1n) is 8.34. The van der Waals surface area contributed by atoms with Gasteiger partial charge in [-0.3, -0.25) is 4.79 Å². The maximum Gasteiger partial charge on any atom is 0.248 e. The molecular formula is C18H23N5O2. The van der Waals surface area contributed by atoms with Crippen LogP contribution in [-0.2, 0) is 4.79 Å². The Hall–Kier alpha value is -2.67. The van der Waals surface area contributed by atoms with Gasteiger partial charge in [0.05, 0.1) is 23.3 Å². The number of likely N-dealkylation sites (N-methyl/N-ethyl adjacent to an activating group) is 1. The van der Waals surface area contributed by atoms with E-state index in [1.165, 1.54) is 6.08 Å². The number of carbonyl (C=O) groups excluding carboxylic acids is 1. The molecule has 7 nitrogen and oxygen atoms in total. The molecule has 0 bridgehead atoms. The molecule has 3 heterocycles. The van der Waals surface area contributed by atoms with Gasteiger partial charge in [0.15, 0.2) is 0 Å². The average Bonchev–Trinajstić information content (AvgIpc) is 3.10. The van der Waals surface area contributed by atoms with Gasteiger partial charge in [0.2, 0.25) is 11.9 Å². The molecule has 0 spiro atoms. The zero-order valence-electron chi connectivity index (χ0n) is 14.8. The summed E-state index contributed by atoms with van der Waals surface area (Å²) in [6.07, 6.45) is 4.63. The number of hydrogen-bond donors (Lipinski definition) is 1. The van der Waals surface area contributed by atoms with E-state index in [1.807, 2.05) is 13.8 Å². The lowest BCUT2D eigenvalue weighted by atomic mass is 10.2. The van der Waals surface area contributed by atoms with Crippen LogP contribution in [0.15, 0.2) is 28.9 Å². The van der Waals surface area contributed by atoms with Crippen LogP contribution >= 0.6 is 0 Å². The zero-order valence-corrected chi connectivity index (χ0v) is 14.8. The van der Waals surface area contributed by atoms with Gasteiger partial charge in [0.25, 0.3) is 0 Å². The minimum atomic E-state index is -0.237. The first kappa shape index (κ1) is 17.2. The number of amides is 1. The third-order valence-corrected chi connectivity index (χ3v) is 4.24. The summed E-state index contributed by atoms with van der Waals surface area (Å²) < 4.78 is 5.17. The number of aryl methyl sites for hydroxylation is 2. The normalized spacial score (nSPS) is 15.7. The Balaban J connectivity index is 1.71. The molecule has 3 rings (SSSR count). The van der Waals surface area contributed by atoms with Gasteiger partial charge < -0.3 is 19.5 Å². The number of aromatic nitrogens is 2. The lowest BCUT2D eigenvalue weighted by Crippen LogP contribution is -2.45. The van der Waals surface area contributed by atoms with Gasteiger partial charge in [-0.25, -0.2) is 9.97 Å². The van der Waals surface area contributed by atoms with Crippen LogP contribution in [-0.4, -0.2) is 54.0 Å². The monoisotopic (exact) mass is 341 g/mol. The summed E-state index contributed by atoms with van der Waals surface area (Å²) in [5, 5.41) is 2.86. The van der Waals surface area contributed by atoms with Crippen LogP contribution in [0.5, 0.6) is 0 Å². The Kier molecular flexibility index (Phi) is 5.14. The fourth-order valence-electron chi connectivity index (χ4n) is 2.74. The lowest BCUT2D eigenvalue weighted by molar-refractivity contribution is -0.111. The third-order valence-electron chi connectivity index (χ3n) is 4.24. The second-order valence-corrected chi connectivity index (χ2v) is 6.20. The van der Waals surface area contributed by atoms with Gasteiger partial charge in [-0.05, 0) is 39.1 Å². The van der Waals surface area contributed by atoms with Crippen molar-refractivity contribution in [2.75, 3.05) is 43.4 Å². The highest BCUT2D eigenvalue weighted by Crippen LogP contribution is 2.21. The van der Waals surface area contributed by atoms with Crippen molar-refractivity contribution < 1.29 is 9.21 Å². The van der Waals surface area contributed by atoms with Crippen LogP contribution in [0.4, 0.5) is 11.6 Å². The van der Waals surface area contributed by atoms with E-state index in [0.29, 0.717) is 11.4 Å². The second-order valence-electron chi connectivity index (χ2n) is 6.20. The standard InChI is InChI=1S/C18H23N5O2/c1-13-17(21-16(24)7-6-15-5-4-12-25-15)14(2)20-18(19-13)23-10-8-22(3)9-11-23/h4-7,12H,8-11H2,1-3H3,(H,21,24)/b7-6+. The van der Waals surface area contributed by atoms with E-state index < -0.39 is 0 Å². The van der Waals surface area contributed by atoms with Crippen molar-refractivity contribution >= 4 is 23.6 Å². The molecule has 7 heteroatoms. The minimum absolute atomic E-state index is 0.237. The van der Waals surface area contributed by atoms with Crippen LogP contribution in [0.2, 0.25) is 0 Å². The molecule has 1 aliphatic rings. The van der Waals surface area contributed by atoms with Crippen LogP contribution < -0.4 is 10.2 Å². The van der Waals surface area contributed by atoms with E-state index in [4.69, 9.17) is 4.42 Å². The van der Waals surface area contributed by atoms with E-state index in [2.05, 4.69) is 32.1 Å². The summed E-state index contributed by atoms with van der Waals surface area (Å²) in [5.41, 5.74) is 2.19. The van der Waals surface area contributed by atoms with Crippen molar-refractivity contribution in [2.45, 2.75) is 13.8 Å². The highest BCUT2D eigenvalue weighted by Gasteiger charge is 2.19. The largest absolute Gasteiger partial charge is 0.465 e. The highest BCUT2D eigenvalue weighted by molar-refractivity contribution is 6.02. The van der Waals surface area contributed by atoms with E-state index >= 15 is 0 Å². The first-order valence-corrected chi connectivity index (χ1v) is 8.34. The van der Waals surface area contributed by atoms with Crippen molar-refractivity contribution in [3.05, 3.63) is 41.6 Å². The molecule has 0 unspecified atom stereocenters. The highest BCUT2D eigenvalue weighted by atomic mass is 16.3. The molecule has 1 saturated heterocycles. The van der Waals surface area contributed by atoms with E-state index in [1.54, 1.807) is 24.5 Å². The fraction of sp³-hybridized carbons (Fsp3) is 0.389. The summed E-state index contributed by atoms with van der Waals surface area (Å²) in [5.74, 6) is 1.12. The van der Waals surface area contributed by atoms with Crippen LogP contribution in [0.25, 0.3) is 6.08 Å². The van der Waals surface area contributed by atoms with Crippen molar-refractivity contribution in [1.29, 1.82) is 0 Å². The van der Waals surface area contributed by atoms with Gasteiger partial charge in [-0.15, -0.1) is 0 Å². The predicted octanol–water partition coefficient (Wildman–Crippen LogP) is 2.09. The number of nitrogens with zero attached hydrogens (tertiary/aromatic N) is 4. The van der Waals surface area contributed by atoms with Crippen LogP contribution in [0.1, 0.15) is 17.1 Å².